The number of hydrogen-bond acceptors (Lipinski definition) is 2. The molecular formula is C24H39NO2. The van der Waals surface area contributed by atoms with Gasteiger partial charge in [-0.1, -0.05) is 62.9 Å². The number of carbonyl (C=O) groups is 1. The van der Waals surface area contributed by atoms with E-state index in [-0.39, 0.29) is 22.9 Å². The maximum absolute atomic E-state index is 12.0. The summed E-state index contributed by atoms with van der Waals surface area (Å²) in [6.07, 6.45) is 7.32. The van der Waals surface area contributed by atoms with Crippen molar-refractivity contribution in [3.05, 3.63) is 35.9 Å². The molecule has 3 heteroatoms. The molecule has 1 aliphatic heterocycles. The van der Waals surface area contributed by atoms with Crippen molar-refractivity contribution in [3.63, 3.8) is 0 Å². The van der Waals surface area contributed by atoms with Crippen molar-refractivity contribution in [3.8, 4) is 0 Å². The molecule has 1 saturated heterocycles. The average Bonchev–Trinajstić information content (AvgIpc) is 2.58. The number of unbranched alkanes of at least 4 members (excludes halogenated alkanes) is 3. The van der Waals surface area contributed by atoms with E-state index < -0.39 is 5.97 Å². The first kappa shape index (κ1) is 21.9. The third-order valence-corrected chi connectivity index (χ3v) is 6.42. The summed E-state index contributed by atoms with van der Waals surface area (Å²) < 4.78 is 0. The minimum Gasteiger partial charge on any atom is -0.481 e. The number of piperidine rings is 1. The topological polar surface area (TPSA) is 40.5 Å². The lowest BCUT2D eigenvalue weighted by molar-refractivity contribution is -0.148. The normalized spacial score (nSPS) is 21.1. The van der Waals surface area contributed by atoms with Gasteiger partial charge in [-0.05, 0) is 58.4 Å². The zero-order chi connectivity index (χ0) is 20.1. The van der Waals surface area contributed by atoms with Crippen LogP contribution in [0.5, 0.6) is 0 Å². The lowest BCUT2D eigenvalue weighted by Gasteiger charge is -2.56. The molecule has 0 radical (unpaired) electrons. The van der Waals surface area contributed by atoms with E-state index in [0.29, 0.717) is 0 Å². The van der Waals surface area contributed by atoms with Gasteiger partial charge < -0.3 is 5.11 Å². The van der Waals surface area contributed by atoms with Gasteiger partial charge in [-0.25, -0.2) is 0 Å². The van der Waals surface area contributed by atoms with Crippen LogP contribution < -0.4 is 0 Å². The highest BCUT2D eigenvalue weighted by Gasteiger charge is 2.48. The molecule has 1 heterocycles. The first-order chi connectivity index (χ1) is 12.7. The predicted molar refractivity (Wildman–Crippen MR) is 113 cm³/mol. The largest absolute Gasteiger partial charge is 0.481 e. The molecule has 1 aliphatic rings. The molecule has 0 bridgehead atoms. The summed E-state index contributed by atoms with van der Waals surface area (Å²) in [5.41, 5.74) is 1.30. The zero-order valence-corrected chi connectivity index (χ0v) is 18.0. The van der Waals surface area contributed by atoms with E-state index in [1.165, 1.54) is 18.4 Å². The molecule has 2 rings (SSSR count). The van der Waals surface area contributed by atoms with Crippen molar-refractivity contribution in [2.75, 3.05) is 0 Å². The third-order valence-electron chi connectivity index (χ3n) is 6.42. The lowest BCUT2D eigenvalue weighted by atomic mass is 9.68. The van der Waals surface area contributed by atoms with E-state index >= 15 is 0 Å². The first-order valence-electron chi connectivity index (χ1n) is 10.7. The summed E-state index contributed by atoms with van der Waals surface area (Å²) in [5.74, 6) is -0.556. The van der Waals surface area contributed by atoms with Gasteiger partial charge in [0.25, 0.3) is 0 Å². The van der Waals surface area contributed by atoms with Crippen LogP contribution in [0.1, 0.15) is 85.1 Å². The minimum atomic E-state index is -0.598. The van der Waals surface area contributed by atoms with Crippen LogP contribution in [0.25, 0.3) is 0 Å². The van der Waals surface area contributed by atoms with E-state index in [4.69, 9.17) is 0 Å². The van der Waals surface area contributed by atoms with Gasteiger partial charge in [0.1, 0.15) is 0 Å². The number of aliphatic carboxylic acids is 1. The van der Waals surface area contributed by atoms with Crippen molar-refractivity contribution in [1.82, 2.24) is 4.90 Å². The summed E-state index contributed by atoms with van der Waals surface area (Å²) in [6.45, 7) is 12.3. The van der Waals surface area contributed by atoms with Gasteiger partial charge in [-0.2, -0.15) is 0 Å². The Balaban J connectivity index is 2.13. The second-order valence-corrected chi connectivity index (χ2v) is 9.66. The molecule has 1 atom stereocenters. The lowest BCUT2D eigenvalue weighted by Crippen LogP contribution is -2.61. The highest BCUT2D eigenvalue weighted by atomic mass is 16.4. The Morgan fingerprint density at radius 3 is 2.19 bits per heavy atom. The molecule has 1 unspecified atom stereocenters. The Morgan fingerprint density at radius 1 is 1.07 bits per heavy atom. The van der Waals surface area contributed by atoms with Gasteiger partial charge in [-0.3, -0.25) is 9.69 Å². The van der Waals surface area contributed by atoms with Crippen molar-refractivity contribution < 1.29 is 9.90 Å². The second-order valence-electron chi connectivity index (χ2n) is 9.66. The van der Waals surface area contributed by atoms with Crippen LogP contribution in [0.2, 0.25) is 0 Å². The van der Waals surface area contributed by atoms with Gasteiger partial charge in [0.15, 0.2) is 0 Å². The zero-order valence-electron chi connectivity index (χ0n) is 18.0. The molecule has 1 N–H and O–H groups in total. The van der Waals surface area contributed by atoms with E-state index in [2.05, 4.69) is 69.9 Å². The van der Waals surface area contributed by atoms with Crippen molar-refractivity contribution in [2.45, 2.75) is 97.2 Å². The number of carboxylic acid groups (broad SMARTS) is 1. The molecule has 1 aromatic rings. The molecule has 152 valence electrons. The fourth-order valence-corrected chi connectivity index (χ4v) is 5.23. The Kier molecular flexibility index (Phi) is 7.50. The SMILES string of the molecule is CCCCCCC(C(=O)O)C1CC(C)(C)N(Cc2ccccc2)C(C)(C)C1. The predicted octanol–water partition coefficient (Wildman–Crippen LogP) is 6.13. The standard InChI is InChI=1S/C24H39NO2/c1-6-7-8-12-15-21(22(26)27)20-16-23(2,3)25(24(4,5)17-20)18-19-13-10-9-11-14-19/h9-11,13-14,20-21H,6-8,12,15-18H2,1-5H3,(H,26,27). The number of hydrogen-bond donors (Lipinski definition) is 1. The molecule has 0 amide bonds. The molecule has 0 aromatic heterocycles. The monoisotopic (exact) mass is 373 g/mol. The summed E-state index contributed by atoms with van der Waals surface area (Å²) in [4.78, 5) is 14.6. The van der Waals surface area contributed by atoms with Gasteiger partial charge >= 0.3 is 5.97 Å². The summed E-state index contributed by atoms with van der Waals surface area (Å²) in [7, 11) is 0. The fraction of sp³-hybridized carbons (Fsp3) is 0.708. The molecule has 0 spiro atoms. The molecule has 1 fully saturated rings. The number of rotatable bonds is 9. The van der Waals surface area contributed by atoms with Gasteiger partial charge in [0.2, 0.25) is 0 Å². The molecule has 0 aliphatic carbocycles. The summed E-state index contributed by atoms with van der Waals surface area (Å²) in [6, 6.07) is 10.6. The van der Waals surface area contributed by atoms with Crippen LogP contribution in [-0.4, -0.2) is 27.1 Å². The number of likely N-dealkylation sites (tertiary alicyclic amines) is 1. The van der Waals surface area contributed by atoms with Crippen LogP contribution in [0.4, 0.5) is 0 Å². The Morgan fingerprint density at radius 2 is 1.67 bits per heavy atom. The van der Waals surface area contributed by atoms with Gasteiger partial charge in [0, 0.05) is 17.6 Å². The molecule has 27 heavy (non-hydrogen) atoms. The van der Waals surface area contributed by atoms with Crippen LogP contribution in [0.3, 0.4) is 0 Å². The Bertz CT molecular complexity index is 576. The smallest absolute Gasteiger partial charge is 0.306 e. The highest BCUT2D eigenvalue weighted by molar-refractivity contribution is 5.70. The van der Waals surface area contributed by atoms with E-state index in [1.54, 1.807) is 0 Å². The summed E-state index contributed by atoms with van der Waals surface area (Å²) in [5, 5.41) is 9.91. The Hall–Kier alpha value is -1.35. The van der Waals surface area contributed by atoms with Crippen molar-refractivity contribution in [1.29, 1.82) is 0 Å². The van der Waals surface area contributed by atoms with Crippen LogP contribution in [-0.2, 0) is 11.3 Å². The minimum absolute atomic E-state index is 0.0145. The van der Waals surface area contributed by atoms with E-state index in [1.807, 2.05) is 0 Å². The van der Waals surface area contributed by atoms with Crippen LogP contribution in [0.15, 0.2) is 30.3 Å². The van der Waals surface area contributed by atoms with Crippen molar-refractivity contribution >= 4 is 5.97 Å². The maximum Gasteiger partial charge on any atom is 0.306 e. The number of carboxylic acids is 1. The average molecular weight is 374 g/mol. The molecule has 3 nitrogen and oxygen atoms in total. The summed E-state index contributed by atoms with van der Waals surface area (Å²) >= 11 is 0. The third kappa shape index (κ3) is 5.81. The van der Waals surface area contributed by atoms with Crippen LogP contribution in [0, 0.1) is 11.8 Å². The molecule has 1 aromatic carbocycles. The number of nitrogens with zero attached hydrogens (tertiary/aromatic N) is 1. The van der Waals surface area contributed by atoms with E-state index in [9.17, 15) is 9.90 Å². The highest BCUT2D eigenvalue weighted by Crippen LogP contribution is 2.45. The quantitative estimate of drug-likeness (QED) is 0.530. The molecular weight excluding hydrogens is 334 g/mol. The second kappa shape index (κ2) is 9.23. The van der Waals surface area contributed by atoms with Crippen molar-refractivity contribution in [2.24, 2.45) is 11.8 Å². The number of benzene rings is 1. The Labute approximate surface area is 166 Å². The molecule has 0 saturated carbocycles. The fourth-order valence-electron chi connectivity index (χ4n) is 5.23. The maximum atomic E-state index is 12.0. The van der Waals surface area contributed by atoms with Crippen LogP contribution >= 0.6 is 0 Å². The van der Waals surface area contributed by atoms with Gasteiger partial charge in [0.05, 0.1) is 5.92 Å². The van der Waals surface area contributed by atoms with E-state index in [0.717, 1.165) is 38.6 Å². The van der Waals surface area contributed by atoms with Gasteiger partial charge in [-0.15, -0.1) is 0 Å². The first-order valence-corrected chi connectivity index (χ1v) is 10.7.